The van der Waals surface area contributed by atoms with Gasteiger partial charge in [0.25, 0.3) is 0 Å². The van der Waals surface area contributed by atoms with E-state index in [-0.39, 0.29) is 0 Å². The third kappa shape index (κ3) is 6.13. The van der Waals surface area contributed by atoms with E-state index in [2.05, 4.69) is 10.3 Å². The van der Waals surface area contributed by atoms with E-state index in [0.717, 1.165) is 0 Å². The topological polar surface area (TPSA) is 59.9 Å². The van der Waals surface area contributed by atoms with Crippen molar-refractivity contribution in [1.82, 2.24) is 5.20 Å². The Morgan fingerprint density at radius 3 is 2.21 bits per heavy atom. The standard InChI is InChI=1S/C8H19N2O3P/c1-5-12-14(11,13-6-2)10-9-7-8(3)4/h7-8H,5-6H2,1-4H3,(H,10,11)/b9-7+. The van der Waals surface area contributed by atoms with E-state index in [0.29, 0.717) is 19.1 Å². The van der Waals surface area contributed by atoms with Crippen LogP contribution < -0.4 is 5.20 Å². The highest BCUT2D eigenvalue weighted by Crippen LogP contribution is 2.43. The molecule has 0 radical (unpaired) electrons. The van der Waals surface area contributed by atoms with Crippen LogP contribution in [-0.2, 0) is 13.6 Å². The zero-order valence-corrected chi connectivity index (χ0v) is 10.1. The van der Waals surface area contributed by atoms with Crippen molar-refractivity contribution in [3.05, 3.63) is 0 Å². The lowest BCUT2D eigenvalue weighted by Crippen LogP contribution is -2.10. The molecule has 0 aromatic heterocycles. The van der Waals surface area contributed by atoms with Gasteiger partial charge in [0.2, 0.25) is 0 Å². The maximum atomic E-state index is 11.7. The average Bonchev–Trinajstić information content (AvgIpc) is 2.03. The van der Waals surface area contributed by atoms with Gasteiger partial charge in [-0.2, -0.15) is 5.10 Å². The van der Waals surface area contributed by atoms with Crippen LogP contribution >= 0.6 is 7.75 Å². The van der Waals surface area contributed by atoms with E-state index in [1.54, 1.807) is 20.1 Å². The number of nitrogens with zero attached hydrogens (tertiary/aromatic N) is 1. The minimum Gasteiger partial charge on any atom is -0.292 e. The van der Waals surface area contributed by atoms with Crippen LogP contribution in [0.2, 0.25) is 0 Å². The predicted octanol–water partition coefficient (Wildman–Crippen LogP) is 2.40. The first-order valence-electron chi connectivity index (χ1n) is 4.73. The minimum atomic E-state index is -3.22. The van der Waals surface area contributed by atoms with E-state index in [1.165, 1.54) is 0 Å². The third-order valence-electron chi connectivity index (χ3n) is 1.15. The average molecular weight is 222 g/mol. The molecule has 0 aliphatic carbocycles. The molecule has 5 nitrogen and oxygen atoms in total. The maximum Gasteiger partial charge on any atom is 0.448 e. The van der Waals surface area contributed by atoms with Gasteiger partial charge in [-0.1, -0.05) is 13.8 Å². The summed E-state index contributed by atoms with van der Waals surface area (Å²) in [6.07, 6.45) is 1.64. The van der Waals surface area contributed by atoms with Gasteiger partial charge < -0.3 is 0 Å². The summed E-state index contributed by atoms with van der Waals surface area (Å²) in [5.41, 5.74) is 0. The Kier molecular flexibility index (Phi) is 6.79. The summed E-state index contributed by atoms with van der Waals surface area (Å²) in [6, 6.07) is 0. The molecule has 0 aromatic carbocycles. The van der Waals surface area contributed by atoms with E-state index in [9.17, 15) is 4.57 Å². The normalized spacial score (nSPS) is 12.6. The highest BCUT2D eigenvalue weighted by molar-refractivity contribution is 7.51. The van der Waals surface area contributed by atoms with Crippen molar-refractivity contribution in [2.75, 3.05) is 13.2 Å². The number of hydrazone groups is 1. The summed E-state index contributed by atoms with van der Waals surface area (Å²) in [5, 5.41) is 6.20. The molecular weight excluding hydrogens is 203 g/mol. The smallest absolute Gasteiger partial charge is 0.292 e. The molecule has 0 saturated heterocycles. The zero-order valence-electron chi connectivity index (χ0n) is 9.19. The van der Waals surface area contributed by atoms with Gasteiger partial charge in [0, 0.05) is 6.21 Å². The van der Waals surface area contributed by atoms with Crippen LogP contribution in [0.3, 0.4) is 0 Å². The molecular formula is C8H19N2O3P. The van der Waals surface area contributed by atoms with E-state index >= 15 is 0 Å². The highest BCUT2D eigenvalue weighted by Gasteiger charge is 2.22. The SMILES string of the molecule is CCOP(=O)(N/N=C/C(C)C)OCC. The fourth-order valence-electron chi connectivity index (χ4n) is 0.688. The second-order valence-corrected chi connectivity index (χ2v) is 4.67. The van der Waals surface area contributed by atoms with Gasteiger partial charge >= 0.3 is 7.75 Å². The number of hydrogen-bond acceptors (Lipinski definition) is 4. The molecule has 14 heavy (non-hydrogen) atoms. The molecule has 0 rings (SSSR count). The van der Waals surface area contributed by atoms with Gasteiger partial charge in [-0.15, -0.1) is 0 Å². The van der Waals surface area contributed by atoms with Crippen molar-refractivity contribution in [3.8, 4) is 0 Å². The zero-order chi connectivity index (χ0) is 11.0. The van der Waals surface area contributed by atoms with Crippen LogP contribution in [0.25, 0.3) is 0 Å². The molecule has 0 fully saturated rings. The molecule has 0 heterocycles. The van der Waals surface area contributed by atoms with E-state index < -0.39 is 7.75 Å². The Balaban J connectivity index is 4.15. The molecule has 0 aliphatic heterocycles. The second-order valence-electron chi connectivity index (χ2n) is 2.96. The van der Waals surface area contributed by atoms with Crippen LogP contribution in [0.15, 0.2) is 5.10 Å². The first-order valence-corrected chi connectivity index (χ1v) is 6.28. The van der Waals surface area contributed by atoms with E-state index in [4.69, 9.17) is 9.05 Å². The number of hydrogen-bond donors (Lipinski definition) is 1. The van der Waals surface area contributed by atoms with Crippen molar-refractivity contribution in [1.29, 1.82) is 0 Å². The lowest BCUT2D eigenvalue weighted by Gasteiger charge is -2.15. The summed E-state index contributed by atoms with van der Waals surface area (Å²) in [6.45, 7) is 8.08. The van der Waals surface area contributed by atoms with Crippen LogP contribution in [0, 0.1) is 5.92 Å². The van der Waals surface area contributed by atoms with Crippen molar-refractivity contribution >= 4 is 14.0 Å². The summed E-state index contributed by atoms with van der Waals surface area (Å²) < 4.78 is 21.6. The van der Waals surface area contributed by atoms with Crippen molar-refractivity contribution in [3.63, 3.8) is 0 Å². The summed E-state index contributed by atoms with van der Waals surface area (Å²) in [5.74, 6) is 0.291. The molecule has 1 N–H and O–H groups in total. The lowest BCUT2D eigenvalue weighted by atomic mass is 10.3. The Morgan fingerprint density at radius 1 is 1.36 bits per heavy atom. The Morgan fingerprint density at radius 2 is 1.86 bits per heavy atom. The van der Waals surface area contributed by atoms with Crippen molar-refractivity contribution in [2.24, 2.45) is 11.0 Å². The summed E-state index contributed by atoms with van der Waals surface area (Å²) in [4.78, 5) is 0. The van der Waals surface area contributed by atoms with Gasteiger partial charge in [-0.3, -0.25) is 9.05 Å². The Labute approximate surface area is 85.5 Å². The molecule has 0 atom stereocenters. The van der Waals surface area contributed by atoms with Crippen LogP contribution in [0.4, 0.5) is 0 Å². The molecule has 0 unspecified atom stereocenters. The largest absolute Gasteiger partial charge is 0.448 e. The van der Waals surface area contributed by atoms with Gasteiger partial charge in [-0.05, 0) is 19.8 Å². The monoisotopic (exact) mass is 222 g/mol. The minimum absolute atomic E-state index is 0.291. The Hall–Kier alpha value is -0.380. The first kappa shape index (κ1) is 13.6. The summed E-state index contributed by atoms with van der Waals surface area (Å²) >= 11 is 0. The van der Waals surface area contributed by atoms with Gasteiger partial charge in [-0.25, -0.2) is 9.76 Å². The molecule has 0 bridgehead atoms. The number of rotatable bonds is 7. The number of nitrogens with one attached hydrogen (secondary N) is 1. The second kappa shape index (κ2) is 6.98. The maximum absolute atomic E-state index is 11.7. The summed E-state index contributed by atoms with van der Waals surface area (Å²) in [7, 11) is -3.22. The first-order chi connectivity index (χ1) is 6.54. The fraction of sp³-hybridized carbons (Fsp3) is 0.875. The quantitative estimate of drug-likeness (QED) is 0.408. The predicted molar refractivity (Wildman–Crippen MR) is 57.3 cm³/mol. The molecule has 0 amide bonds. The van der Waals surface area contributed by atoms with Gasteiger partial charge in [0.15, 0.2) is 0 Å². The molecule has 0 spiro atoms. The highest BCUT2D eigenvalue weighted by atomic mass is 31.2. The van der Waals surface area contributed by atoms with Crippen LogP contribution in [-0.4, -0.2) is 19.4 Å². The van der Waals surface area contributed by atoms with Crippen molar-refractivity contribution < 1.29 is 13.6 Å². The molecule has 0 aromatic rings. The molecule has 0 aliphatic rings. The third-order valence-corrected chi connectivity index (χ3v) is 2.71. The molecule has 6 heteroatoms. The lowest BCUT2D eigenvalue weighted by molar-refractivity contribution is 0.211. The fourth-order valence-corrected chi connectivity index (χ4v) is 1.77. The molecule has 84 valence electrons. The van der Waals surface area contributed by atoms with E-state index in [1.807, 2.05) is 13.8 Å². The van der Waals surface area contributed by atoms with Gasteiger partial charge in [0.05, 0.1) is 13.2 Å². The van der Waals surface area contributed by atoms with Crippen LogP contribution in [0.1, 0.15) is 27.7 Å². The molecule has 0 saturated carbocycles. The van der Waals surface area contributed by atoms with Crippen LogP contribution in [0.5, 0.6) is 0 Å². The Bertz CT molecular complexity index is 209. The van der Waals surface area contributed by atoms with Crippen molar-refractivity contribution in [2.45, 2.75) is 27.7 Å². The van der Waals surface area contributed by atoms with Gasteiger partial charge in [0.1, 0.15) is 0 Å².